The minimum atomic E-state index is -0.113. The second kappa shape index (κ2) is 7.09. The first-order valence-electron chi connectivity index (χ1n) is 6.34. The van der Waals surface area contributed by atoms with Crippen LogP contribution in [0.1, 0.15) is 15.9 Å². The Labute approximate surface area is 132 Å². The molecule has 0 aromatic heterocycles. The smallest absolute Gasteiger partial charge is 0.189 e. The zero-order valence-electron chi connectivity index (χ0n) is 11.8. The first kappa shape index (κ1) is 15.3. The molecule has 0 heterocycles. The SMILES string of the molecule is COc1ccc(C(=O)C=Cc2ccc(Br)cc2)c(OC)c1. The molecule has 0 aliphatic rings. The van der Waals surface area contributed by atoms with Crippen molar-refractivity contribution in [2.24, 2.45) is 0 Å². The molecule has 21 heavy (non-hydrogen) atoms. The average Bonchev–Trinajstić information content (AvgIpc) is 2.53. The van der Waals surface area contributed by atoms with Crippen LogP contribution in [0.25, 0.3) is 6.08 Å². The first-order valence-corrected chi connectivity index (χ1v) is 7.13. The van der Waals surface area contributed by atoms with Crippen LogP contribution in [0.3, 0.4) is 0 Å². The molecule has 0 aliphatic heterocycles. The van der Waals surface area contributed by atoms with Crippen LogP contribution in [0.15, 0.2) is 53.0 Å². The second-order valence-electron chi connectivity index (χ2n) is 4.32. The second-order valence-corrected chi connectivity index (χ2v) is 5.23. The molecule has 108 valence electrons. The van der Waals surface area contributed by atoms with Gasteiger partial charge in [-0.05, 0) is 35.9 Å². The van der Waals surface area contributed by atoms with E-state index >= 15 is 0 Å². The van der Waals surface area contributed by atoms with Crippen molar-refractivity contribution < 1.29 is 14.3 Å². The Bertz CT molecular complexity index is 660. The fraction of sp³-hybridized carbons (Fsp3) is 0.118. The number of carbonyl (C=O) groups excluding carboxylic acids is 1. The van der Waals surface area contributed by atoms with Crippen molar-refractivity contribution in [2.75, 3.05) is 14.2 Å². The third-order valence-corrected chi connectivity index (χ3v) is 3.50. The van der Waals surface area contributed by atoms with Gasteiger partial charge in [0.1, 0.15) is 11.5 Å². The summed E-state index contributed by atoms with van der Waals surface area (Å²) in [5, 5.41) is 0. The topological polar surface area (TPSA) is 35.5 Å². The Hall–Kier alpha value is -2.07. The number of rotatable bonds is 5. The molecular formula is C17H15BrO3. The first-order chi connectivity index (χ1) is 10.1. The highest BCUT2D eigenvalue weighted by molar-refractivity contribution is 9.10. The monoisotopic (exact) mass is 346 g/mol. The van der Waals surface area contributed by atoms with Crippen LogP contribution in [0.4, 0.5) is 0 Å². The van der Waals surface area contributed by atoms with E-state index in [-0.39, 0.29) is 5.78 Å². The van der Waals surface area contributed by atoms with Crippen LogP contribution in [-0.2, 0) is 0 Å². The van der Waals surface area contributed by atoms with Crippen LogP contribution in [0.5, 0.6) is 11.5 Å². The predicted octanol–water partition coefficient (Wildman–Crippen LogP) is 4.36. The molecule has 0 N–H and O–H groups in total. The van der Waals surface area contributed by atoms with Gasteiger partial charge in [-0.3, -0.25) is 4.79 Å². The zero-order valence-corrected chi connectivity index (χ0v) is 13.4. The summed E-state index contributed by atoms with van der Waals surface area (Å²) in [6, 6.07) is 12.9. The summed E-state index contributed by atoms with van der Waals surface area (Å²) in [6.45, 7) is 0. The number of allylic oxidation sites excluding steroid dienone is 1. The van der Waals surface area contributed by atoms with Crippen LogP contribution in [-0.4, -0.2) is 20.0 Å². The van der Waals surface area contributed by atoms with Crippen molar-refractivity contribution in [3.63, 3.8) is 0 Å². The largest absolute Gasteiger partial charge is 0.497 e. The predicted molar refractivity (Wildman–Crippen MR) is 87.1 cm³/mol. The molecule has 0 amide bonds. The number of hydrogen-bond acceptors (Lipinski definition) is 3. The summed E-state index contributed by atoms with van der Waals surface area (Å²) in [5.41, 5.74) is 1.46. The molecule has 0 saturated carbocycles. The highest BCUT2D eigenvalue weighted by Crippen LogP contribution is 2.25. The number of methoxy groups -OCH3 is 2. The van der Waals surface area contributed by atoms with E-state index in [4.69, 9.17) is 9.47 Å². The number of hydrogen-bond donors (Lipinski definition) is 0. The molecule has 4 heteroatoms. The van der Waals surface area contributed by atoms with Gasteiger partial charge in [-0.15, -0.1) is 0 Å². The van der Waals surface area contributed by atoms with Gasteiger partial charge in [-0.25, -0.2) is 0 Å². The van der Waals surface area contributed by atoms with Crippen LogP contribution in [0.2, 0.25) is 0 Å². The Balaban J connectivity index is 2.22. The fourth-order valence-electron chi connectivity index (χ4n) is 1.84. The highest BCUT2D eigenvalue weighted by Gasteiger charge is 2.10. The number of ether oxygens (including phenoxy) is 2. The molecule has 0 spiro atoms. The summed E-state index contributed by atoms with van der Waals surface area (Å²) in [6.07, 6.45) is 3.31. The van der Waals surface area contributed by atoms with Crippen molar-refractivity contribution in [1.29, 1.82) is 0 Å². The number of carbonyl (C=O) groups is 1. The number of halogens is 1. The Morgan fingerprint density at radius 3 is 2.38 bits per heavy atom. The highest BCUT2D eigenvalue weighted by atomic mass is 79.9. The van der Waals surface area contributed by atoms with Crippen molar-refractivity contribution in [2.45, 2.75) is 0 Å². The van der Waals surface area contributed by atoms with Gasteiger partial charge >= 0.3 is 0 Å². The van der Waals surface area contributed by atoms with E-state index in [2.05, 4.69) is 15.9 Å². The van der Waals surface area contributed by atoms with Gasteiger partial charge in [0.2, 0.25) is 0 Å². The normalized spacial score (nSPS) is 10.6. The van der Waals surface area contributed by atoms with E-state index in [1.165, 1.54) is 13.2 Å². The summed E-state index contributed by atoms with van der Waals surface area (Å²) < 4.78 is 11.4. The van der Waals surface area contributed by atoms with E-state index in [9.17, 15) is 4.79 Å². The van der Waals surface area contributed by atoms with E-state index in [1.54, 1.807) is 31.4 Å². The summed E-state index contributed by atoms with van der Waals surface area (Å²) in [7, 11) is 3.10. The van der Waals surface area contributed by atoms with Crippen molar-refractivity contribution in [3.05, 3.63) is 64.1 Å². The average molecular weight is 347 g/mol. The van der Waals surface area contributed by atoms with E-state index in [1.807, 2.05) is 24.3 Å². The maximum Gasteiger partial charge on any atom is 0.189 e. The van der Waals surface area contributed by atoms with E-state index < -0.39 is 0 Å². The number of ketones is 1. The maximum atomic E-state index is 12.2. The quantitative estimate of drug-likeness (QED) is 0.595. The van der Waals surface area contributed by atoms with Gasteiger partial charge in [0.05, 0.1) is 19.8 Å². The molecule has 2 aromatic carbocycles. The molecule has 2 rings (SSSR count). The molecule has 0 unspecified atom stereocenters. The van der Waals surface area contributed by atoms with E-state index in [0.717, 1.165) is 10.0 Å². The molecule has 0 bridgehead atoms. The third-order valence-electron chi connectivity index (χ3n) is 2.97. The maximum absolute atomic E-state index is 12.2. The van der Waals surface area contributed by atoms with Crippen LogP contribution in [0, 0.1) is 0 Å². The minimum absolute atomic E-state index is 0.113. The third kappa shape index (κ3) is 3.95. The summed E-state index contributed by atoms with van der Waals surface area (Å²) in [5.74, 6) is 1.04. The Kier molecular flexibility index (Phi) is 5.17. The lowest BCUT2D eigenvalue weighted by Gasteiger charge is -2.07. The zero-order chi connectivity index (χ0) is 15.2. The van der Waals surface area contributed by atoms with Crippen LogP contribution >= 0.6 is 15.9 Å². The van der Waals surface area contributed by atoms with Crippen molar-refractivity contribution in [3.8, 4) is 11.5 Å². The molecule has 0 fully saturated rings. The Morgan fingerprint density at radius 1 is 1.05 bits per heavy atom. The van der Waals surface area contributed by atoms with Gasteiger partial charge in [0.15, 0.2) is 5.78 Å². The molecule has 2 aromatic rings. The standard InChI is InChI=1S/C17H15BrO3/c1-20-14-8-9-15(17(11-14)21-2)16(19)10-5-12-3-6-13(18)7-4-12/h3-11H,1-2H3. The minimum Gasteiger partial charge on any atom is -0.497 e. The lowest BCUT2D eigenvalue weighted by Crippen LogP contribution is -1.99. The molecule has 0 atom stereocenters. The number of benzene rings is 2. The molecule has 0 radical (unpaired) electrons. The molecule has 3 nitrogen and oxygen atoms in total. The molecule has 0 saturated heterocycles. The molecular weight excluding hydrogens is 332 g/mol. The van der Waals surface area contributed by atoms with Gasteiger partial charge in [0, 0.05) is 10.5 Å². The van der Waals surface area contributed by atoms with Crippen molar-refractivity contribution in [1.82, 2.24) is 0 Å². The summed E-state index contributed by atoms with van der Waals surface area (Å²) >= 11 is 3.38. The van der Waals surface area contributed by atoms with Gasteiger partial charge in [0.25, 0.3) is 0 Å². The van der Waals surface area contributed by atoms with Crippen molar-refractivity contribution >= 4 is 27.8 Å². The fourth-order valence-corrected chi connectivity index (χ4v) is 2.10. The van der Waals surface area contributed by atoms with Crippen LogP contribution < -0.4 is 9.47 Å². The lowest BCUT2D eigenvalue weighted by atomic mass is 10.1. The van der Waals surface area contributed by atoms with E-state index in [0.29, 0.717) is 17.1 Å². The Morgan fingerprint density at radius 2 is 1.76 bits per heavy atom. The lowest BCUT2D eigenvalue weighted by molar-refractivity contribution is 0.104. The molecule has 0 aliphatic carbocycles. The van der Waals surface area contributed by atoms with Gasteiger partial charge < -0.3 is 9.47 Å². The summed E-state index contributed by atoms with van der Waals surface area (Å²) in [4.78, 5) is 12.2. The van der Waals surface area contributed by atoms with Gasteiger partial charge in [-0.2, -0.15) is 0 Å². The van der Waals surface area contributed by atoms with Gasteiger partial charge in [-0.1, -0.05) is 34.1 Å².